The minimum atomic E-state index is -0.282. The van der Waals surface area contributed by atoms with Gasteiger partial charge in [0.2, 0.25) is 11.8 Å². The van der Waals surface area contributed by atoms with Gasteiger partial charge in [0.25, 0.3) is 5.91 Å². The van der Waals surface area contributed by atoms with Crippen molar-refractivity contribution in [1.29, 1.82) is 0 Å². The van der Waals surface area contributed by atoms with Gasteiger partial charge in [-0.25, -0.2) is 0 Å². The van der Waals surface area contributed by atoms with Gasteiger partial charge in [-0.3, -0.25) is 14.4 Å². The lowest BCUT2D eigenvalue weighted by molar-refractivity contribution is -0.133. The van der Waals surface area contributed by atoms with Gasteiger partial charge in [0.15, 0.2) is 0 Å². The Kier molecular flexibility index (Phi) is 7.18. The van der Waals surface area contributed by atoms with Gasteiger partial charge in [-0.2, -0.15) is 0 Å². The number of benzene rings is 2. The van der Waals surface area contributed by atoms with Gasteiger partial charge in [-0.1, -0.05) is 45.0 Å². The summed E-state index contributed by atoms with van der Waals surface area (Å²) in [4.78, 5) is 39.0. The van der Waals surface area contributed by atoms with E-state index in [2.05, 4.69) is 31.4 Å². The lowest BCUT2D eigenvalue weighted by Gasteiger charge is -2.31. The van der Waals surface area contributed by atoms with Gasteiger partial charge in [-0.05, 0) is 48.1 Å². The van der Waals surface area contributed by atoms with E-state index in [4.69, 9.17) is 0 Å². The Morgan fingerprint density at radius 2 is 1.62 bits per heavy atom. The van der Waals surface area contributed by atoms with E-state index in [0.717, 1.165) is 5.56 Å². The molecule has 170 valence electrons. The van der Waals surface area contributed by atoms with Crippen molar-refractivity contribution < 1.29 is 19.5 Å². The number of piperidine rings is 1. The molecule has 1 aliphatic heterocycles. The third kappa shape index (κ3) is 5.87. The van der Waals surface area contributed by atoms with Crippen LogP contribution < -0.4 is 10.6 Å². The Morgan fingerprint density at radius 3 is 2.22 bits per heavy atom. The second-order valence-corrected chi connectivity index (χ2v) is 9.17. The van der Waals surface area contributed by atoms with E-state index in [1.54, 1.807) is 35.2 Å². The number of likely N-dealkylation sites (tertiary alicyclic amines) is 1. The van der Waals surface area contributed by atoms with Gasteiger partial charge >= 0.3 is 0 Å². The first-order valence-corrected chi connectivity index (χ1v) is 10.9. The lowest BCUT2D eigenvalue weighted by Crippen LogP contribution is -2.45. The standard InChI is InChI=1S/C25H31N3O4/c1-25(2,3)19-10-8-17(9-11-19)23(31)26-16-22(30)28-14-12-18(13-15-28)24(32)27-20-6-4-5-7-21(20)29/h4-11,18,29H,12-16H2,1-3H3,(H,26,31)(H,27,32). The predicted molar refractivity (Wildman–Crippen MR) is 124 cm³/mol. The van der Waals surface area contributed by atoms with Gasteiger partial charge in [0, 0.05) is 24.6 Å². The van der Waals surface area contributed by atoms with Crippen LogP contribution in [0.5, 0.6) is 5.75 Å². The number of para-hydroxylation sites is 2. The Morgan fingerprint density at radius 1 is 1.00 bits per heavy atom. The van der Waals surface area contributed by atoms with E-state index >= 15 is 0 Å². The first-order chi connectivity index (χ1) is 15.1. The molecular formula is C25H31N3O4. The molecule has 7 nitrogen and oxygen atoms in total. The van der Waals surface area contributed by atoms with Gasteiger partial charge in [0.05, 0.1) is 12.2 Å². The van der Waals surface area contributed by atoms with Crippen LogP contribution in [-0.4, -0.2) is 47.4 Å². The zero-order valence-electron chi connectivity index (χ0n) is 18.9. The number of carbonyl (C=O) groups excluding carboxylic acids is 3. The molecular weight excluding hydrogens is 406 g/mol. The summed E-state index contributed by atoms with van der Waals surface area (Å²) in [6.45, 7) is 7.16. The van der Waals surface area contributed by atoms with Crippen LogP contribution >= 0.6 is 0 Å². The molecule has 3 rings (SSSR count). The summed E-state index contributed by atoms with van der Waals surface area (Å²) in [6.07, 6.45) is 1.07. The van der Waals surface area contributed by atoms with Gasteiger partial charge in [-0.15, -0.1) is 0 Å². The topological polar surface area (TPSA) is 98.7 Å². The predicted octanol–water partition coefficient (Wildman–Crippen LogP) is 3.30. The van der Waals surface area contributed by atoms with Crippen molar-refractivity contribution in [2.24, 2.45) is 5.92 Å². The second-order valence-electron chi connectivity index (χ2n) is 9.17. The van der Waals surface area contributed by atoms with Gasteiger partial charge < -0.3 is 20.6 Å². The van der Waals surface area contributed by atoms with E-state index in [0.29, 0.717) is 37.2 Å². The van der Waals surface area contributed by atoms with Crippen molar-refractivity contribution in [2.45, 2.75) is 39.0 Å². The maximum atomic E-state index is 12.5. The monoisotopic (exact) mass is 437 g/mol. The zero-order valence-corrected chi connectivity index (χ0v) is 18.9. The molecule has 0 unspecified atom stereocenters. The van der Waals surface area contributed by atoms with Gasteiger partial charge in [0.1, 0.15) is 5.75 Å². The molecule has 1 saturated heterocycles. The molecule has 2 aromatic carbocycles. The summed E-state index contributed by atoms with van der Waals surface area (Å²) in [5, 5.41) is 15.2. The molecule has 0 atom stereocenters. The molecule has 0 aliphatic carbocycles. The second kappa shape index (κ2) is 9.85. The number of anilines is 1. The normalized spacial score (nSPS) is 14.7. The number of nitrogens with one attached hydrogen (secondary N) is 2. The van der Waals surface area contributed by atoms with Crippen molar-refractivity contribution in [3.8, 4) is 5.75 Å². The Balaban J connectivity index is 1.44. The number of aromatic hydroxyl groups is 1. The highest BCUT2D eigenvalue weighted by molar-refractivity contribution is 5.96. The quantitative estimate of drug-likeness (QED) is 0.625. The SMILES string of the molecule is CC(C)(C)c1ccc(C(=O)NCC(=O)N2CCC(C(=O)Nc3ccccc3O)CC2)cc1. The van der Waals surface area contributed by atoms with Crippen LogP contribution in [-0.2, 0) is 15.0 Å². The molecule has 2 aromatic rings. The molecule has 1 heterocycles. The summed E-state index contributed by atoms with van der Waals surface area (Å²) < 4.78 is 0. The summed E-state index contributed by atoms with van der Waals surface area (Å²) in [6, 6.07) is 14.0. The Bertz CT molecular complexity index is 971. The third-order valence-corrected chi connectivity index (χ3v) is 5.79. The molecule has 32 heavy (non-hydrogen) atoms. The molecule has 0 spiro atoms. The fraction of sp³-hybridized carbons (Fsp3) is 0.400. The Hall–Kier alpha value is -3.35. The molecule has 0 radical (unpaired) electrons. The maximum Gasteiger partial charge on any atom is 0.251 e. The maximum absolute atomic E-state index is 12.5. The smallest absolute Gasteiger partial charge is 0.251 e. The van der Waals surface area contributed by atoms with Crippen LogP contribution in [0.25, 0.3) is 0 Å². The van der Waals surface area contributed by atoms with Crippen LogP contribution in [0.4, 0.5) is 5.69 Å². The van der Waals surface area contributed by atoms with Crippen LogP contribution in [0.3, 0.4) is 0 Å². The van der Waals surface area contributed by atoms with Crippen molar-refractivity contribution in [3.63, 3.8) is 0 Å². The minimum Gasteiger partial charge on any atom is -0.506 e. The number of carbonyl (C=O) groups is 3. The largest absolute Gasteiger partial charge is 0.506 e. The molecule has 0 saturated carbocycles. The summed E-state index contributed by atoms with van der Waals surface area (Å²) in [5.74, 6) is -0.808. The molecule has 0 aromatic heterocycles. The fourth-order valence-electron chi connectivity index (χ4n) is 3.70. The number of nitrogens with zero attached hydrogens (tertiary/aromatic N) is 1. The minimum absolute atomic E-state index is 0.00940. The summed E-state index contributed by atoms with van der Waals surface area (Å²) >= 11 is 0. The summed E-state index contributed by atoms with van der Waals surface area (Å²) in [7, 11) is 0. The number of hydrogen-bond acceptors (Lipinski definition) is 4. The van der Waals surface area contributed by atoms with Crippen molar-refractivity contribution in [1.82, 2.24) is 10.2 Å². The van der Waals surface area contributed by atoms with E-state index in [9.17, 15) is 19.5 Å². The highest BCUT2D eigenvalue weighted by Gasteiger charge is 2.28. The molecule has 0 bridgehead atoms. The zero-order chi connectivity index (χ0) is 23.3. The lowest BCUT2D eigenvalue weighted by atomic mass is 9.87. The molecule has 7 heteroatoms. The summed E-state index contributed by atoms with van der Waals surface area (Å²) in [5.41, 5.74) is 2.05. The van der Waals surface area contributed by atoms with E-state index in [-0.39, 0.29) is 41.3 Å². The number of phenolic OH excluding ortho intramolecular Hbond substituents is 1. The first kappa shape index (κ1) is 23.3. The van der Waals surface area contributed by atoms with Crippen LogP contribution in [0, 0.1) is 5.92 Å². The first-order valence-electron chi connectivity index (χ1n) is 10.9. The van der Waals surface area contributed by atoms with E-state index < -0.39 is 0 Å². The number of amides is 3. The molecule has 3 N–H and O–H groups in total. The van der Waals surface area contributed by atoms with Crippen molar-refractivity contribution in [3.05, 3.63) is 59.7 Å². The fourth-order valence-corrected chi connectivity index (χ4v) is 3.70. The van der Waals surface area contributed by atoms with E-state index in [1.165, 1.54) is 6.07 Å². The van der Waals surface area contributed by atoms with Crippen LogP contribution in [0.15, 0.2) is 48.5 Å². The number of phenols is 1. The highest BCUT2D eigenvalue weighted by atomic mass is 16.3. The number of hydrogen-bond donors (Lipinski definition) is 3. The average Bonchev–Trinajstić information content (AvgIpc) is 2.78. The molecule has 1 aliphatic rings. The average molecular weight is 438 g/mol. The third-order valence-electron chi connectivity index (χ3n) is 5.79. The van der Waals surface area contributed by atoms with E-state index in [1.807, 2.05) is 12.1 Å². The molecule has 3 amide bonds. The number of rotatable bonds is 5. The molecule has 1 fully saturated rings. The van der Waals surface area contributed by atoms with Crippen molar-refractivity contribution >= 4 is 23.4 Å². The highest BCUT2D eigenvalue weighted by Crippen LogP contribution is 2.25. The van der Waals surface area contributed by atoms with Crippen LogP contribution in [0.2, 0.25) is 0 Å². The van der Waals surface area contributed by atoms with Crippen LogP contribution in [0.1, 0.15) is 49.5 Å². The van der Waals surface area contributed by atoms with Crippen molar-refractivity contribution in [2.75, 3.05) is 25.0 Å². The Labute approximate surface area is 188 Å².